The molecule has 1 aliphatic carbocycles. The average Bonchev–Trinajstić information content (AvgIpc) is 2.86. The van der Waals surface area contributed by atoms with Crippen molar-refractivity contribution in [2.24, 2.45) is 5.92 Å². The van der Waals surface area contributed by atoms with Crippen LogP contribution in [0.5, 0.6) is 11.5 Å². The molecule has 1 amide bonds. The first-order chi connectivity index (χ1) is 16.5. The molecular weight excluding hydrogens is 430 g/mol. The smallest absolute Gasteiger partial charge is 0.225 e. The molecular formula is C26H33N5O3. The zero-order valence-electron chi connectivity index (χ0n) is 20.3. The number of nitrogens with one attached hydrogen (secondary N) is 2. The van der Waals surface area contributed by atoms with Crippen LogP contribution in [-0.4, -0.2) is 50.2 Å². The molecule has 34 heavy (non-hydrogen) atoms. The highest BCUT2D eigenvalue weighted by Crippen LogP contribution is 2.29. The van der Waals surface area contributed by atoms with Crippen LogP contribution >= 0.6 is 0 Å². The van der Waals surface area contributed by atoms with Gasteiger partial charge in [-0.15, -0.1) is 0 Å². The number of ether oxygens (including phenoxy) is 2. The van der Waals surface area contributed by atoms with E-state index in [4.69, 9.17) is 19.4 Å². The Hall–Kier alpha value is -3.55. The third-order valence-electron chi connectivity index (χ3n) is 6.32. The van der Waals surface area contributed by atoms with Gasteiger partial charge >= 0.3 is 0 Å². The van der Waals surface area contributed by atoms with Gasteiger partial charge in [0.25, 0.3) is 0 Å². The van der Waals surface area contributed by atoms with Crippen LogP contribution in [0.4, 0.5) is 11.8 Å². The predicted octanol–water partition coefficient (Wildman–Crippen LogP) is 4.00. The number of fused-ring (bicyclic) bond motifs is 1. The summed E-state index contributed by atoms with van der Waals surface area (Å²) < 4.78 is 10.6. The van der Waals surface area contributed by atoms with Crippen molar-refractivity contribution >= 4 is 28.6 Å². The fourth-order valence-corrected chi connectivity index (χ4v) is 4.45. The van der Waals surface area contributed by atoms with Crippen molar-refractivity contribution in [1.82, 2.24) is 15.3 Å². The number of benzene rings is 2. The molecule has 4 rings (SSSR count). The number of para-hydroxylation sites is 1. The quantitative estimate of drug-likeness (QED) is 0.522. The van der Waals surface area contributed by atoms with Crippen molar-refractivity contribution in [2.75, 3.05) is 38.5 Å². The third-order valence-corrected chi connectivity index (χ3v) is 6.32. The molecule has 0 radical (unpaired) electrons. The molecule has 3 aromatic rings. The van der Waals surface area contributed by atoms with Gasteiger partial charge in [0.1, 0.15) is 17.3 Å². The van der Waals surface area contributed by atoms with E-state index in [1.54, 1.807) is 14.2 Å². The third kappa shape index (κ3) is 5.50. The second kappa shape index (κ2) is 10.6. The Bertz CT molecular complexity index is 1120. The highest BCUT2D eigenvalue weighted by molar-refractivity contribution is 5.90. The fraction of sp³-hybridized carbons (Fsp3) is 0.423. The minimum absolute atomic E-state index is 0.0143. The Kier molecular flexibility index (Phi) is 7.35. The van der Waals surface area contributed by atoms with Crippen LogP contribution in [0.2, 0.25) is 0 Å². The van der Waals surface area contributed by atoms with Gasteiger partial charge in [-0.2, -0.15) is 4.98 Å². The lowest BCUT2D eigenvalue weighted by molar-refractivity contribution is -0.126. The largest absolute Gasteiger partial charge is 0.497 e. The Morgan fingerprint density at radius 2 is 1.68 bits per heavy atom. The van der Waals surface area contributed by atoms with Crippen molar-refractivity contribution in [1.29, 1.82) is 0 Å². The lowest BCUT2D eigenvalue weighted by Gasteiger charge is -2.28. The zero-order valence-corrected chi connectivity index (χ0v) is 20.3. The summed E-state index contributed by atoms with van der Waals surface area (Å²) in [4.78, 5) is 24.2. The molecule has 180 valence electrons. The van der Waals surface area contributed by atoms with Crippen molar-refractivity contribution in [3.8, 4) is 11.5 Å². The Morgan fingerprint density at radius 3 is 2.32 bits per heavy atom. The van der Waals surface area contributed by atoms with E-state index in [1.165, 1.54) is 0 Å². The zero-order chi connectivity index (χ0) is 24.1. The van der Waals surface area contributed by atoms with Gasteiger partial charge in [0.05, 0.1) is 19.7 Å². The van der Waals surface area contributed by atoms with Gasteiger partial charge in [0.2, 0.25) is 11.9 Å². The first kappa shape index (κ1) is 23.6. The summed E-state index contributed by atoms with van der Waals surface area (Å²) >= 11 is 0. The number of carbonyl (C=O) groups excluding carboxylic acids is 1. The Morgan fingerprint density at radius 1 is 1.00 bits per heavy atom. The molecule has 8 heteroatoms. The number of methoxy groups -OCH3 is 2. The van der Waals surface area contributed by atoms with Gasteiger partial charge in [-0.05, 0) is 55.5 Å². The van der Waals surface area contributed by atoms with E-state index in [2.05, 4.69) is 10.6 Å². The molecule has 1 saturated carbocycles. The molecule has 0 unspecified atom stereocenters. The van der Waals surface area contributed by atoms with Gasteiger partial charge < -0.3 is 25.0 Å². The fourth-order valence-electron chi connectivity index (χ4n) is 4.45. The number of anilines is 2. The molecule has 0 saturated heterocycles. The second-order valence-electron chi connectivity index (χ2n) is 8.91. The van der Waals surface area contributed by atoms with Crippen molar-refractivity contribution < 1.29 is 14.3 Å². The van der Waals surface area contributed by atoms with Crippen LogP contribution in [0, 0.1) is 5.92 Å². The Balaban J connectivity index is 1.33. The molecule has 1 fully saturated rings. The van der Waals surface area contributed by atoms with Gasteiger partial charge in [0.15, 0.2) is 0 Å². The van der Waals surface area contributed by atoms with Gasteiger partial charge in [-0.3, -0.25) is 4.79 Å². The van der Waals surface area contributed by atoms with Crippen LogP contribution in [0.25, 0.3) is 10.9 Å². The monoisotopic (exact) mass is 463 g/mol. The number of hydrogen-bond donors (Lipinski definition) is 2. The standard InChI is InChI=1S/C26H33N5O3/c1-31(2)24-22-7-5-6-8-23(22)29-26(30-24)28-19-11-9-18(10-12-19)25(32)27-16-17-13-20(33-3)15-21(14-17)34-4/h5-8,13-15,18-19H,9-12,16H2,1-4H3,(H,27,32)(H,28,29,30)/t18-,19+. The van der Waals surface area contributed by atoms with E-state index in [0.717, 1.165) is 48.0 Å². The molecule has 2 aromatic carbocycles. The summed E-state index contributed by atoms with van der Waals surface area (Å²) in [6.45, 7) is 0.447. The minimum Gasteiger partial charge on any atom is -0.497 e. The lowest BCUT2D eigenvalue weighted by Crippen LogP contribution is -2.36. The number of rotatable bonds is 8. The van der Waals surface area contributed by atoms with E-state index in [1.807, 2.05) is 61.5 Å². The number of aromatic nitrogens is 2. The number of carbonyl (C=O) groups is 1. The normalized spacial score (nSPS) is 17.8. The summed E-state index contributed by atoms with van der Waals surface area (Å²) in [5, 5.41) is 7.61. The first-order valence-electron chi connectivity index (χ1n) is 11.7. The SMILES string of the molecule is COc1cc(CNC(=O)[C@H]2CC[C@@H](Nc3nc(N(C)C)c4ccccc4n3)CC2)cc(OC)c1. The summed E-state index contributed by atoms with van der Waals surface area (Å²) in [6.07, 6.45) is 3.47. The molecule has 1 aromatic heterocycles. The predicted molar refractivity (Wildman–Crippen MR) is 135 cm³/mol. The molecule has 0 aliphatic heterocycles. The van der Waals surface area contributed by atoms with Gasteiger partial charge in [-0.25, -0.2) is 4.98 Å². The van der Waals surface area contributed by atoms with E-state index in [-0.39, 0.29) is 17.9 Å². The molecule has 1 aliphatic rings. The first-order valence-corrected chi connectivity index (χ1v) is 11.7. The molecule has 8 nitrogen and oxygen atoms in total. The van der Waals surface area contributed by atoms with Crippen LogP contribution in [0.1, 0.15) is 31.2 Å². The van der Waals surface area contributed by atoms with E-state index in [0.29, 0.717) is 24.0 Å². The molecule has 2 N–H and O–H groups in total. The van der Waals surface area contributed by atoms with E-state index < -0.39 is 0 Å². The summed E-state index contributed by atoms with van der Waals surface area (Å²) in [7, 11) is 7.22. The summed E-state index contributed by atoms with van der Waals surface area (Å²) in [6, 6.07) is 13.9. The Labute approximate surface area is 200 Å². The maximum Gasteiger partial charge on any atom is 0.225 e. The summed E-state index contributed by atoms with van der Waals surface area (Å²) in [5.41, 5.74) is 1.87. The minimum atomic E-state index is 0.0143. The molecule has 0 spiro atoms. The van der Waals surface area contributed by atoms with Crippen molar-refractivity contribution in [3.05, 3.63) is 48.0 Å². The van der Waals surface area contributed by atoms with Crippen molar-refractivity contribution in [3.63, 3.8) is 0 Å². The van der Waals surface area contributed by atoms with Gasteiger partial charge in [-0.1, -0.05) is 12.1 Å². The highest BCUT2D eigenvalue weighted by Gasteiger charge is 2.27. The molecule has 1 heterocycles. The van der Waals surface area contributed by atoms with Crippen LogP contribution in [0.3, 0.4) is 0 Å². The number of hydrogen-bond acceptors (Lipinski definition) is 7. The number of amides is 1. The van der Waals surface area contributed by atoms with E-state index in [9.17, 15) is 4.79 Å². The summed E-state index contributed by atoms with van der Waals surface area (Å²) in [5.74, 6) is 3.07. The van der Waals surface area contributed by atoms with Crippen LogP contribution < -0.4 is 25.0 Å². The van der Waals surface area contributed by atoms with Gasteiger partial charge in [0, 0.05) is 44.1 Å². The topological polar surface area (TPSA) is 88.6 Å². The average molecular weight is 464 g/mol. The van der Waals surface area contributed by atoms with Crippen LogP contribution in [0.15, 0.2) is 42.5 Å². The highest BCUT2D eigenvalue weighted by atomic mass is 16.5. The van der Waals surface area contributed by atoms with E-state index >= 15 is 0 Å². The lowest BCUT2D eigenvalue weighted by atomic mass is 9.85. The number of nitrogens with zero attached hydrogens (tertiary/aromatic N) is 3. The molecule has 0 atom stereocenters. The van der Waals surface area contributed by atoms with Crippen LogP contribution in [-0.2, 0) is 11.3 Å². The maximum absolute atomic E-state index is 12.8. The maximum atomic E-state index is 12.8. The second-order valence-corrected chi connectivity index (χ2v) is 8.91. The van der Waals surface area contributed by atoms with Crippen molar-refractivity contribution in [2.45, 2.75) is 38.3 Å². The molecule has 0 bridgehead atoms.